The van der Waals surface area contributed by atoms with Crippen LogP contribution in [0.1, 0.15) is 12.5 Å². The lowest BCUT2D eigenvalue weighted by atomic mass is 9.95. The Morgan fingerprint density at radius 3 is 2.20 bits per heavy atom. The summed E-state index contributed by atoms with van der Waals surface area (Å²) in [5, 5.41) is 9.06. The van der Waals surface area contributed by atoms with Crippen LogP contribution in [-0.4, -0.2) is 31.3 Å². The molecule has 0 fully saturated rings. The molecule has 0 aliphatic rings. The quantitative estimate of drug-likeness (QED) is 0.776. The van der Waals surface area contributed by atoms with Crippen molar-refractivity contribution in [3.63, 3.8) is 0 Å². The Morgan fingerprint density at radius 1 is 1.27 bits per heavy atom. The summed E-state index contributed by atoms with van der Waals surface area (Å²) in [4.78, 5) is 2.05. The summed E-state index contributed by atoms with van der Waals surface area (Å²) in [6, 6.07) is 8.22. The van der Waals surface area contributed by atoms with Crippen LogP contribution >= 0.6 is 0 Å². The second-order valence-electron chi connectivity index (χ2n) is 4.55. The lowest BCUT2D eigenvalue weighted by Gasteiger charge is -2.22. The van der Waals surface area contributed by atoms with Crippen molar-refractivity contribution < 1.29 is 5.11 Å². The number of hydrogen-bond acceptors (Lipinski definition) is 3. The van der Waals surface area contributed by atoms with Gasteiger partial charge in [0, 0.05) is 25.3 Å². The van der Waals surface area contributed by atoms with Gasteiger partial charge in [-0.25, -0.2) is 0 Å². The van der Waals surface area contributed by atoms with Crippen LogP contribution in [0.4, 0.5) is 5.69 Å². The second kappa shape index (κ2) is 4.64. The molecule has 0 saturated heterocycles. The fraction of sp³-hybridized carbons (Fsp3) is 0.500. The molecule has 0 spiro atoms. The van der Waals surface area contributed by atoms with Gasteiger partial charge in [0.15, 0.2) is 0 Å². The van der Waals surface area contributed by atoms with E-state index in [1.165, 1.54) is 5.69 Å². The maximum Gasteiger partial charge on any atom is 0.0611 e. The SMILES string of the molecule is CN(C)c1ccc(CC(C)(N)CO)cc1. The van der Waals surface area contributed by atoms with Gasteiger partial charge in [-0.05, 0) is 31.0 Å². The van der Waals surface area contributed by atoms with E-state index in [9.17, 15) is 0 Å². The number of aliphatic hydroxyl groups excluding tert-OH is 1. The molecule has 1 unspecified atom stereocenters. The third-order valence-electron chi connectivity index (χ3n) is 2.42. The minimum atomic E-state index is -0.528. The Kier molecular flexibility index (Phi) is 3.72. The molecule has 0 saturated carbocycles. The molecule has 0 aliphatic heterocycles. The van der Waals surface area contributed by atoms with Gasteiger partial charge in [0.25, 0.3) is 0 Å². The van der Waals surface area contributed by atoms with Crippen LogP contribution in [0.25, 0.3) is 0 Å². The predicted molar refractivity (Wildman–Crippen MR) is 64.2 cm³/mol. The van der Waals surface area contributed by atoms with Crippen LogP contribution in [0.2, 0.25) is 0 Å². The molecule has 0 bridgehead atoms. The van der Waals surface area contributed by atoms with Gasteiger partial charge in [-0.3, -0.25) is 0 Å². The number of nitrogens with two attached hydrogens (primary N) is 1. The van der Waals surface area contributed by atoms with Gasteiger partial charge < -0.3 is 15.7 Å². The molecule has 0 amide bonds. The van der Waals surface area contributed by atoms with Crippen molar-refractivity contribution >= 4 is 5.69 Å². The maximum absolute atomic E-state index is 9.06. The molecule has 15 heavy (non-hydrogen) atoms. The average Bonchev–Trinajstić information content (AvgIpc) is 2.18. The summed E-state index contributed by atoms with van der Waals surface area (Å²) in [6.45, 7) is 1.86. The molecule has 0 heterocycles. The van der Waals surface area contributed by atoms with Crippen LogP contribution in [-0.2, 0) is 6.42 Å². The predicted octanol–water partition coefficient (Wildman–Crippen LogP) is 1.00. The third-order valence-corrected chi connectivity index (χ3v) is 2.42. The first kappa shape index (κ1) is 12.0. The van der Waals surface area contributed by atoms with Crippen molar-refractivity contribution in [3.05, 3.63) is 29.8 Å². The summed E-state index contributed by atoms with van der Waals surface area (Å²) in [7, 11) is 4.02. The molecule has 0 radical (unpaired) electrons. The van der Waals surface area contributed by atoms with Gasteiger partial charge in [0.1, 0.15) is 0 Å². The van der Waals surface area contributed by atoms with Crippen LogP contribution in [0.3, 0.4) is 0 Å². The number of hydrogen-bond donors (Lipinski definition) is 2. The van der Waals surface area contributed by atoms with Gasteiger partial charge in [0.05, 0.1) is 6.61 Å². The van der Waals surface area contributed by atoms with E-state index in [1.807, 2.05) is 21.0 Å². The minimum Gasteiger partial charge on any atom is -0.394 e. The lowest BCUT2D eigenvalue weighted by Crippen LogP contribution is -2.42. The molecule has 0 aromatic heterocycles. The van der Waals surface area contributed by atoms with E-state index >= 15 is 0 Å². The zero-order valence-electron chi connectivity index (χ0n) is 9.70. The summed E-state index contributed by atoms with van der Waals surface area (Å²) >= 11 is 0. The first-order valence-electron chi connectivity index (χ1n) is 5.10. The number of nitrogens with zero attached hydrogens (tertiary/aromatic N) is 1. The van der Waals surface area contributed by atoms with E-state index in [2.05, 4.69) is 29.2 Å². The largest absolute Gasteiger partial charge is 0.394 e. The summed E-state index contributed by atoms with van der Waals surface area (Å²) in [6.07, 6.45) is 0.692. The van der Waals surface area contributed by atoms with E-state index in [4.69, 9.17) is 10.8 Å². The van der Waals surface area contributed by atoms with E-state index in [0.29, 0.717) is 6.42 Å². The highest BCUT2D eigenvalue weighted by molar-refractivity contribution is 5.46. The van der Waals surface area contributed by atoms with Gasteiger partial charge >= 0.3 is 0 Å². The van der Waals surface area contributed by atoms with Crippen molar-refractivity contribution in [2.24, 2.45) is 5.73 Å². The number of rotatable bonds is 4. The molecular formula is C12H20N2O. The molecule has 0 aliphatic carbocycles. The van der Waals surface area contributed by atoms with Crippen LogP contribution in [0, 0.1) is 0 Å². The number of anilines is 1. The number of benzene rings is 1. The number of aliphatic hydroxyl groups is 1. The van der Waals surface area contributed by atoms with Gasteiger partial charge in [-0.2, -0.15) is 0 Å². The smallest absolute Gasteiger partial charge is 0.0611 e. The fourth-order valence-corrected chi connectivity index (χ4v) is 1.43. The van der Waals surface area contributed by atoms with E-state index in [0.717, 1.165) is 5.56 Å². The average molecular weight is 208 g/mol. The molecule has 1 atom stereocenters. The lowest BCUT2D eigenvalue weighted by molar-refractivity contribution is 0.208. The Hall–Kier alpha value is -1.06. The second-order valence-corrected chi connectivity index (χ2v) is 4.55. The van der Waals surface area contributed by atoms with Crippen molar-refractivity contribution in [1.29, 1.82) is 0 Å². The molecule has 1 aromatic rings. The molecule has 3 nitrogen and oxygen atoms in total. The third kappa shape index (κ3) is 3.53. The highest BCUT2D eigenvalue weighted by Crippen LogP contribution is 2.15. The highest BCUT2D eigenvalue weighted by Gasteiger charge is 2.17. The minimum absolute atomic E-state index is 0.00241. The zero-order valence-corrected chi connectivity index (χ0v) is 9.70. The molecule has 3 N–H and O–H groups in total. The van der Waals surface area contributed by atoms with Crippen molar-refractivity contribution in [2.45, 2.75) is 18.9 Å². The van der Waals surface area contributed by atoms with E-state index in [-0.39, 0.29) is 6.61 Å². The Morgan fingerprint density at radius 2 is 1.80 bits per heavy atom. The Bertz CT molecular complexity index is 304. The van der Waals surface area contributed by atoms with Gasteiger partial charge in [-0.15, -0.1) is 0 Å². The van der Waals surface area contributed by atoms with Crippen LogP contribution in [0.5, 0.6) is 0 Å². The maximum atomic E-state index is 9.06. The molecule has 84 valence electrons. The molecule has 3 heteroatoms. The topological polar surface area (TPSA) is 49.5 Å². The van der Waals surface area contributed by atoms with Crippen molar-refractivity contribution in [1.82, 2.24) is 0 Å². The Balaban J connectivity index is 2.73. The van der Waals surface area contributed by atoms with Crippen LogP contribution in [0.15, 0.2) is 24.3 Å². The highest BCUT2D eigenvalue weighted by atomic mass is 16.3. The summed E-state index contributed by atoms with van der Waals surface area (Å²) in [5.74, 6) is 0. The standard InChI is InChI=1S/C12H20N2O/c1-12(13,9-15)8-10-4-6-11(7-5-10)14(2)3/h4-7,15H,8-9,13H2,1-3H3. The normalized spacial score (nSPS) is 14.7. The Labute approximate surface area is 91.5 Å². The summed E-state index contributed by atoms with van der Waals surface area (Å²) in [5.41, 5.74) is 7.68. The van der Waals surface area contributed by atoms with Crippen molar-refractivity contribution in [3.8, 4) is 0 Å². The van der Waals surface area contributed by atoms with Gasteiger partial charge in [0.2, 0.25) is 0 Å². The van der Waals surface area contributed by atoms with Gasteiger partial charge in [-0.1, -0.05) is 12.1 Å². The van der Waals surface area contributed by atoms with E-state index < -0.39 is 5.54 Å². The molecular weight excluding hydrogens is 188 g/mol. The first-order chi connectivity index (χ1) is 6.94. The summed E-state index contributed by atoms with van der Waals surface area (Å²) < 4.78 is 0. The zero-order chi connectivity index (χ0) is 11.5. The molecule has 1 rings (SSSR count). The molecule has 1 aromatic carbocycles. The van der Waals surface area contributed by atoms with Crippen LogP contribution < -0.4 is 10.6 Å². The van der Waals surface area contributed by atoms with Crippen molar-refractivity contribution in [2.75, 3.05) is 25.6 Å². The monoisotopic (exact) mass is 208 g/mol. The fourth-order valence-electron chi connectivity index (χ4n) is 1.43. The van der Waals surface area contributed by atoms with E-state index in [1.54, 1.807) is 0 Å². The first-order valence-corrected chi connectivity index (χ1v) is 5.10.